The zero-order chi connectivity index (χ0) is 16.9. The van der Waals surface area contributed by atoms with Crippen molar-refractivity contribution in [3.8, 4) is 0 Å². The lowest BCUT2D eigenvalue weighted by molar-refractivity contribution is 0.0721. The number of thioether (sulfide) groups is 1. The zero-order valence-electron chi connectivity index (χ0n) is 13.6. The highest BCUT2D eigenvalue weighted by Crippen LogP contribution is 2.18. The quantitative estimate of drug-likeness (QED) is 0.787. The van der Waals surface area contributed by atoms with E-state index in [1.165, 1.54) is 11.3 Å². The maximum atomic E-state index is 12.7. The maximum Gasteiger partial charge on any atom is 0.263 e. The van der Waals surface area contributed by atoms with Crippen LogP contribution in [0.3, 0.4) is 0 Å². The van der Waals surface area contributed by atoms with Crippen molar-refractivity contribution in [3.63, 3.8) is 0 Å². The number of carbonyl (C=O) groups excluding carboxylic acids is 2. The van der Waals surface area contributed by atoms with Gasteiger partial charge in [0.2, 0.25) is 0 Å². The molecule has 0 aliphatic carbocycles. The second-order valence-electron chi connectivity index (χ2n) is 5.64. The van der Waals surface area contributed by atoms with E-state index in [0.29, 0.717) is 31.7 Å². The molecule has 1 aliphatic heterocycles. The van der Waals surface area contributed by atoms with Crippen molar-refractivity contribution < 1.29 is 9.59 Å². The first-order valence-electron chi connectivity index (χ1n) is 7.95. The van der Waals surface area contributed by atoms with E-state index in [9.17, 15) is 9.59 Å². The molecule has 1 aromatic carbocycles. The summed E-state index contributed by atoms with van der Waals surface area (Å²) in [5.41, 5.74) is 0.714. The van der Waals surface area contributed by atoms with E-state index in [0.717, 1.165) is 16.2 Å². The molecule has 0 saturated carbocycles. The normalized spacial score (nSPS) is 15.2. The topological polar surface area (TPSA) is 40.6 Å². The van der Waals surface area contributed by atoms with Crippen molar-refractivity contribution in [2.75, 3.05) is 32.4 Å². The zero-order valence-corrected chi connectivity index (χ0v) is 15.2. The summed E-state index contributed by atoms with van der Waals surface area (Å²) < 4.78 is 0. The molecule has 0 atom stereocenters. The highest BCUT2D eigenvalue weighted by Gasteiger charge is 2.23. The molecule has 1 aliphatic rings. The second kappa shape index (κ2) is 7.85. The van der Waals surface area contributed by atoms with Crippen LogP contribution in [0.4, 0.5) is 0 Å². The lowest BCUT2D eigenvalue weighted by Gasteiger charge is -2.22. The lowest BCUT2D eigenvalue weighted by atomic mass is 10.2. The minimum atomic E-state index is 0.0491. The largest absolute Gasteiger partial charge is 0.337 e. The summed E-state index contributed by atoms with van der Waals surface area (Å²) in [5.74, 6) is 0.122. The van der Waals surface area contributed by atoms with Gasteiger partial charge in [-0.1, -0.05) is 6.07 Å². The van der Waals surface area contributed by atoms with Gasteiger partial charge in [0, 0.05) is 36.6 Å². The number of rotatable bonds is 3. The highest BCUT2D eigenvalue weighted by atomic mass is 32.2. The van der Waals surface area contributed by atoms with E-state index in [-0.39, 0.29) is 11.8 Å². The third-order valence-electron chi connectivity index (χ3n) is 4.14. The van der Waals surface area contributed by atoms with Crippen molar-refractivity contribution in [2.45, 2.75) is 11.3 Å². The number of hydrogen-bond acceptors (Lipinski definition) is 4. The van der Waals surface area contributed by atoms with E-state index in [2.05, 4.69) is 0 Å². The molecule has 4 nitrogen and oxygen atoms in total. The van der Waals surface area contributed by atoms with Gasteiger partial charge < -0.3 is 9.80 Å². The molecular weight excluding hydrogens is 340 g/mol. The SMILES string of the molecule is CSc1ccc(C(=O)N2CCCN(C(=O)c3cccs3)CC2)cc1. The molecule has 1 aromatic heterocycles. The second-order valence-corrected chi connectivity index (χ2v) is 7.47. The fraction of sp³-hybridized carbons (Fsp3) is 0.333. The van der Waals surface area contributed by atoms with Gasteiger partial charge in [0.1, 0.15) is 0 Å². The minimum absolute atomic E-state index is 0.0491. The van der Waals surface area contributed by atoms with Crippen LogP contribution in [0.5, 0.6) is 0 Å². The predicted octanol–water partition coefficient (Wildman–Crippen LogP) is 3.46. The summed E-state index contributed by atoms with van der Waals surface area (Å²) in [6.45, 7) is 2.56. The molecule has 0 unspecified atom stereocenters. The summed E-state index contributed by atoms with van der Waals surface area (Å²) >= 11 is 3.13. The Morgan fingerprint density at radius 3 is 2.21 bits per heavy atom. The standard InChI is InChI=1S/C18H20N2O2S2/c1-23-15-7-5-14(6-8-15)17(21)19-9-3-10-20(12-11-19)18(22)16-4-2-13-24-16/h2,4-8,13H,3,9-12H2,1H3. The van der Waals surface area contributed by atoms with Crippen molar-refractivity contribution in [1.82, 2.24) is 9.80 Å². The molecule has 2 amide bonds. The Labute approximate surface area is 150 Å². The van der Waals surface area contributed by atoms with Crippen molar-refractivity contribution in [1.29, 1.82) is 0 Å². The van der Waals surface area contributed by atoms with Crippen LogP contribution in [0.15, 0.2) is 46.7 Å². The van der Waals surface area contributed by atoms with Crippen LogP contribution >= 0.6 is 23.1 Å². The number of amides is 2. The Hall–Kier alpha value is -1.79. The van der Waals surface area contributed by atoms with Crippen LogP contribution in [0.25, 0.3) is 0 Å². The molecule has 0 bridgehead atoms. The number of hydrogen-bond donors (Lipinski definition) is 0. The number of benzene rings is 1. The Balaban J connectivity index is 1.64. The summed E-state index contributed by atoms with van der Waals surface area (Å²) in [4.78, 5) is 30.8. The Bertz CT molecular complexity index is 698. The average Bonchev–Trinajstić information content (AvgIpc) is 3.05. The first-order valence-corrected chi connectivity index (χ1v) is 10.1. The number of thiophene rings is 1. The predicted molar refractivity (Wildman–Crippen MR) is 99.0 cm³/mol. The summed E-state index contributed by atoms with van der Waals surface area (Å²) in [7, 11) is 0. The molecule has 0 spiro atoms. The highest BCUT2D eigenvalue weighted by molar-refractivity contribution is 7.98. The maximum absolute atomic E-state index is 12.7. The smallest absolute Gasteiger partial charge is 0.263 e. The van der Waals surface area contributed by atoms with E-state index >= 15 is 0 Å². The van der Waals surface area contributed by atoms with Gasteiger partial charge >= 0.3 is 0 Å². The molecule has 6 heteroatoms. The molecule has 3 rings (SSSR count). The summed E-state index contributed by atoms with van der Waals surface area (Å²) in [6, 6.07) is 11.5. The Morgan fingerprint density at radius 1 is 0.958 bits per heavy atom. The first kappa shape index (κ1) is 17.0. The molecule has 1 saturated heterocycles. The first-order chi connectivity index (χ1) is 11.7. The average molecular weight is 361 g/mol. The fourth-order valence-corrected chi connectivity index (χ4v) is 3.89. The van der Waals surface area contributed by atoms with Gasteiger partial charge in [-0.05, 0) is 48.4 Å². The van der Waals surface area contributed by atoms with Gasteiger partial charge in [0.05, 0.1) is 4.88 Å². The van der Waals surface area contributed by atoms with Crippen LogP contribution in [0, 0.1) is 0 Å². The van der Waals surface area contributed by atoms with Gasteiger partial charge in [0.25, 0.3) is 11.8 Å². The third kappa shape index (κ3) is 3.82. The molecule has 2 heterocycles. The fourth-order valence-electron chi connectivity index (χ4n) is 2.80. The molecule has 0 N–H and O–H groups in total. The number of nitrogens with zero attached hydrogens (tertiary/aromatic N) is 2. The van der Waals surface area contributed by atoms with Gasteiger partial charge in [-0.25, -0.2) is 0 Å². The third-order valence-corrected chi connectivity index (χ3v) is 5.74. The van der Waals surface area contributed by atoms with E-state index in [1.54, 1.807) is 11.8 Å². The van der Waals surface area contributed by atoms with Crippen LogP contribution < -0.4 is 0 Å². The van der Waals surface area contributed by atoms with Gasteiger partial charge in [-0.15, -0.1) is 23.1 Å². The number of carbonyl (C=O) groups is 2. The molecule has 0 radical (unpaired) electrons. The summed E-state index contributed by atoms with van der Waals surface area (Å²) in [5, 5.41) is 1.92. The van der Waals surface area contributed by atoms with Crippen LogP contribution in [-0.4, -0.2) is 54.0 Å². The van der Waals surface area contributed by atoms with Crippen molar-refractivity contribution in [3.05, 3.63) is 52.2 Å². The van der Waals surface area contributed by atoms with E-state index in [4.69, 9.17) is 0 Å². The van der Waals surface area contributed by atoms with Crippen molar-refractivity contribution in [2.24, 2.45) is 0 Å². The Kier molecular flexibility index (Phi) is 5.58. The molecule has 1 fully saturated rings. The molecule has 126 valence electrons. The summed E-state index contributed by atoms with van der Waals surface area (Å²) in [6.07, 6.45) is 2.83. The monoisotopic (exact) mass is 360 g/mol. The van der Waals surface area contributed by atoms with E-state index in [1.807, 2.05) is 57.8 Å². The molecule has 2 aromatic rings. The Morgan fingerprint density at radius 2 is 1.62 bits per heavy atom. The van der Waals surface area contributed by atoms with Gasteiger partial charge in [-0.2, -0.15) is 0 Å². The van der Waals surface area contributed by atoms with Crippen molar-refractivity contribution >= 4 is 34.9 Å². The minimum Gasteiger partial charge on any atom is -0.337 e. The van der Waals surface area contributed by atoms with Gasteiger partial charge in [0.15, 0.2) is 0 Å². The van der Waals surface area contributed by atoms with Crippen LogP contribution in [-0.2, 0) is 0 Å². The molecule has 24 heavy (non-hydrogen) atoms. The van der Waals surface area contributed by atoms with Crippen LogP contribution in [0.2, 0.25) is 0 Å². The lowest BCUT2D eigenvalue weighted by Crippen LogP contribution is -2.37. The van der Waals surface area contributed by atoms with Crippen LogP contribution in [0.1, 0.15) is 26.5 Å². The van der Waals surface area contributed by atoms with E-state index < -0.39 is 0 Å². The molecular formula is C18H20N2O2S2. The van der Waals surface area contributed by atoms with Gasteiger partial charge in [-0.3, -0.25) is 9.59 Å².